The summed E-state index contributed by atoms with van der Waals surface area (Å²) in [6, 6.07) is 16.2. The van der Waals surface area contributed by atoms with Crippen LogP contribution in [0.5, 0.6) is 11.5 Å². The van der Waals surface area contributed by atoms with Crippen molar-refractivity contribution in [3.63, 3.8) is 0 Å². The summed E-state index contributed by atoms with van der Waals surface area (Å²) in [5, 5.41) is 4.15. The van der Waals surface area contributed by atoms with Crippen LogP contribution in [0.4, 0.5) is 5.69 Å². The third-order valence-corrected chi connectivity index (χ3v) is 6.17. The number of benzene rings is 1. The summed E-state index contributed by atoms with van der Waals surface area (Å²) in [5.41, 5.74) is 1.95. The Morgan fingerprint density at radius 1 is 1.15 bits per heavy atom. The molecule has 136 valence electrons. The number of ether oxygens (including phenoxy) is 2. The van der Waals surface area contributed by atoms with Crippen LogP contribution >= 0.6 is 23.6 Å². The van der Waals surface area contributed by atoms with E-state index in [1.807, 2.05) is 42.6 Å². The normalized spacial score (nSPS) is 20.8. The van der Waals surface area contributed by atoms with Crippen LogP contribution in [0.15, 0.2) is 54.7 Å². The maximum Gasteiger partial charge on any atom is 0.231 e. The predicted octanol–water partition coefficient (Wildman–Crippen LogP) is 4.36. The number of rotatable bonds is 3. The average molecular weight is 396 g/mol. The molecule has 0 bridgehead atoms. The molecule has 0 unspecified atom stereocenters. The average Bonchev–Trinajstić information content (AvgIpc) is 3.39. The molecule has 1 fully saturated rings. The molecule has 5 nitrogen and oxygen atoms in total. The van der Waals surface area contributed by atoms with Crippen molar-refractivity contribution in [3.8, 4) is 11.5 Å². The zero-order valence-corrected chi connectivity index (χ0v) is 16.2. The smallest absolute Gasteiger partial charge is 0.231 e. The van der Waals surface area contributed by atoms with E-state index < -0.39 is 0 Å². The van der Waals surface area contributed by atoms with Gasteiger partial charge in [0, 0.05) is 27.7 Å². The molecular formula is C20H17N3O2S2. The van der Waals surface area contributed by atoms with Gasteiger partial charge in [-0.2, -0.15) is 0 Å². The number of pyridine rings is 1. The Bertz CT molecular complexity index is 1010. The third-order valence-electron chi connectivity index (χ3n) is 4.79. The van der Waals surface area contributed by atoms with E-state index in [1.165, 1.54) is 9.75 Å². The van der Waals surface area contributed by atoms with E-state index >= 15 is 0 Å². The van der Waals surface area contributed by atoms with Crippen LogP contribution in [0, 0.1) is 6.92 Å². The van der Waals surface area contributed by atoms with Crippen molar-refractivity contribution in [2.75, 3.05) is 11.7 Å². The number of thiocarbonyl (C=S) groups is 1. The second-order valence-electron chi connectivity index (χ2n) is 6.48. The fraction of sp³-hybridized carbons (Fsp3) is 0.200. The van der Waals surface area contributed by atoms with E-state index in [0.29, 0.717) is 5.11 Å². The molecule has 1 N–H and O–H groups in total. The van der Waals surface area contributed by atoms with E-state index in [2.05, 4.69) is 34.3 Å². The minimum atomic E-state index is -0.0258. The van der Waals surface area contributed by atoms with Crippen molar-refractivity contribution >= 4 is 34.4 Å². The Labute approximate surface area is 166 Å². The second-order valence-corrected chi connectivity index (χ2v) is 8.19. The Morgan fingerprint density at radius 3 is 2.81 bits per heavy atom. The van der Waals surface area contributed by atoms with Crippen LogP contribution in [-0.2, 0) is 0 Å². The maximum absolute atomic E-state index is 5.73. The van der Waals surface area contributed by atoms with E-state index in [-0.39, 0.29) is 18.9 Å². The molecule has 2 aromatic heterocycles. The van der Waals surface area contributed by atoms with Gasteiger partial charge in [-0.25, -0.2) is 0 Å². The van der Waals surface area contributed by atoms with Crippen molar-refractivity contribution in [1.29, 1.82) is 0 Å². The molecule has 2 aliphatic heterocycles. The van der Waals surface area contributed by atoms with Crippen LogP contribution < -0.4 is 19.7 Å². The van der Waals surface area contributed by atoms with Crippen molar-refractivity contribution < 1.29 is 9.47 Å². The van der Waals surface area contributed by atoms with Gasteiger partial charge in [0.1, 0.15) is 0 Å². The summed E-state index contributed by atoms with van der Waals surface area (Å²) < 4.78 is 11.0. The van der Waals surface area contributed by atoms with Crippen LogP contribution in [0.3, 0.4) is 0 Å². The summed E-state index contributed by atoms with van der Waals surface area (Å²) in [6.07, 6.45) is 1.82. The Balaban J connectivity index is 1.61. The lowest BCUT2D eigenvalue weighted by molar-refractivity contribution is 0.174. The van der Waals surface area contributed by atoms with Crippen LogP contribution in [0.2, 0.25) is 0 Å². The molecule has 0 aliphatic carbocycles. The molecule has 2 atom stereocenters. The largest absolute Gasteiger partial charge is 0.454 e. The lowest BCUT2D eigenvalue weighted by Gasteiger charge is -2.27. The number of anilines is 1. The first kappa shape index (κ1) is 16.5. The molecule has 0 saturated carbocycles. The Kier molecular flexibility index (Phi) is 3.98. The summed E-state index contributed by atoms with van der Waals surface area (Å²) in [5.74, 6) is 1.51. The first-order valence-corrected chi connectivity index (χ1v) is 9.90. The molecule has 1 aromatic carbocycles. The van der Waals surface area contributed by atoms with Crippen LogP contribution in [0.1, 0.15) is 27.5 Å². The fourth-order valence-corrected chi connectivity index (χ4v) is 4.92. The van der Waals surface area contributed by atoms with Crippen molar-refractivity contribution in [1.82, 2.24) is 10.3 Å². The zero-order chi connectivity index (χ0) is 18.4. The molecule has 1 saturated heterocycles. The number of hydrogen-bond acceptors (Lipinski definition) is 5. The molecule has 0 spiro atoms. The lowest BCUT2D eigenvalue weighted by atomic mass is 10.0. The van der Waals surface area contributed by atoms with Crippen molar-refractivity contribution in [3.05, 3.63) is 70.2 Å². The van der Waals surface area contributed by atoms with Gasteiger partial charge in [-0.15, -0.1) is 11.3 Å². The molecule has 0 radical (unpaired) electrons. The molecule has 27 heavy (non-hydrogen) atoms. The molecule has 2 aliphatic rings. The number of hydrogen-bond donors (Lipinski definition) is 1. The van der Waals surface area contributed by atoms with E-state index in [1.54, 1.807) is 11.3 Å². The van der Waals surface area contributed by atoms with Gasteiger partial charge >= 0.3 is 0 Å². The Morgan fingerprint density at radius 2 is 2.04 bits per heavy atom. The highest BCUT2D eigenvalue weighted by Crippen LogP contribution is 2.45. The fourth-order valence-electron chi connectivity index (χ4n) is 3.57. The van der Waals surface area contributed by atoms with Crippen molar-refractivity contribution in [2.24, 2.45) is 0 Å². The molecule has 3 aromatic rings. The van der Waals surface area contributed by atoms with E-state index in [9.17, 15) is 0 Å². The molecule has 0 amide bonds. The van der Waals surface area contributed by atoms with Gasteiger partial charge in [-0.05, 0) is 55.5 Å². The SMILES string of the molecule is Cc1ccc([C@@H]2[C@@H](c3ccccn3)NC(=S)N2c2ccc3c(c2)OCO3)s1. The standard InChI is InChI=1S/C20H17N3O2S2/c1-12-5-8-17(27-12)19-18(14-4-2-3-9-21-14)22-20(26)23(19)13-6-7-15-16(10-13)25-11-24-15/h2-10,18-19H,11H2,1H3,(H,22,26)/t18-,19-/m1/s1. The first-order chi connectivity index (χ1) is 13.2. The molecule has 5 rings (SSSR count). The zero-order valence-electron chi connectivity index (χ0n) is 14.6. The topological polar surface area (TPSA) is 46.6 Å². The van der Waals surface area contributed by atoms with Gasteiger partial charge in [-0.1, -0.05) is 6.07 Å². The molecule has 7 heteroatoms. The number of nitrogens with one attached hydrogen (secondary N) is 1. The first-order valence-electron chi connectivity index (χ1n) is 8.67. The summed E-state index contributed by atoms with van der Waals surface area (Å²) >= 11 is 7.52. The van der Waals surface area contributed by atoms with Gasteiger partial charge in [0.05, 0.1) is 17.8 Å². The predicted molar refractivity (Wildman–Crippen MR) is 110 cm³/mol. The number of aryl methyl sites for hydroxylation is 1. The third kappa shape index (κ3) is 2.83. The lowest BCUT2D eigenvalue weighted by Crippen LogP contribution is -2.29. The van der Waals surface area contributed by atoms with Gasteiger partial charge in [-0.3, -0.25) is 4.98 Å². The summed E-state index contributed by atoms with van der Waals surface area (Å²) in [7, 11) is 0. The van der Waals surface area contributed by atoms with Gasteiger partial charge < -0.3 is 19.7 Å². The van der Waals surface area contributed by atoms with Crippen LogP contribution in [0.25, 0.3) is 0 Å². The van der Waals surface area contributed by atoms with E-state index in [0.717, 1.165) is 22.9 Å². The highest BCUT2D eigenvalue weighted by atomic mass is 32.1. The number of fused-ring (bicyclic) bond motifs is 1. The van der Waals surface area contributed by atoms with Gasteiger partial charge in [0.2, 0.25) is 6.79 Å². The quantitative estimate of drug-likeness (QED) is 0.665. The van der Waals surface area contributed by atoms with Gasteiger partial charge in [0.15, 0.2) is 16.6 Å². The summed E-state index contributed by atoms with van der Waals surface area (Å²) in [4.78, 5) is 9.24. The number of nitrogens with zero attached hydrogens (tertiary/aromatic N) is 2. The maximum atomic E-state index is 5.73. The number of thiophene rings is 1. The minimum absolute atomic E-state index is 0.0199. The second kappa shape index (κ2) is 6.51. The van der Waals surface area contributed by atoms with E-state index in [4.69, 9.17) is 21.7 Å². The minimum Gasteiger partial charge on any atom is -0.454 e. The van der Waals surface area contributed by atoms with Crippen LogP contribution in [-0.4, -0.2) is 16.9 Å². The molecule has 4 heterocycles. The summed E-state index contributed by atoms with van der Waals surface area (Å²) in [6.45, 7) is 2.38. The highest BCUT2D eigenvalue weighted by molar-refractivity contribution is 7.80. The number of aromatic nitrogens is 1. The van der Waals surface area contributed by atoms with Gasteiger partial charge in [0.25, 0.3) is 0 Å². The highest BCUT2D eigenvalue weighted by Gasteiger charge is 2.41. The Hall–Kier alpha value is -2.64. The molecular weight excluding hydrogens is 378 g/mol. The monoisotopic (exact) mass is 395 g/mol. The van der Waals surface area contributed by atoms with Crippen molar-refractivity contribution in [2.45, 2.75) is 19.0 Å².